The molecule has 5 rings (SSSR count). The Balaban J connectivity index is 1.55. The number of hydrogen-bond donors (Lipinski definition) is 0. The van der Waals surface area contributed by atoms with Gasteiger partial charge in [-0.25, -0.2) is 8.78 Å². The van der Waals surface area contributed by atoms with Crippen molar-refractivity contribution in [2.45, 2.75) is 38.3 Å². The van der Waals surface area contributed by atoms with E-state index in [-0.39, 0.29) is 29.1 Å². The van der Waals surface area contributed by atoms with E-state index in [9.17, 15) is 0 Å². The minimum absolute atomic E-state index is 0.0816. The number of methoxy groups -OCH3 is 2. The van der Waals surface area contributed by atoms with Crippen LogP contribution in [-0.4, -0.2) is 54.5 Å². The van der Waals surface area contributed by atoms with E-state index in [1.807, 2.05) is 38.1 Å². The van der Waals surface area contributed by atoms with Crippen molar-refractivity contribution in [2.24, 2.45) is 0 Å². The third-order valence-corrected chi connectivity index (χ3v) is 7.28. The number of aryl methyl sites for hydroxylation is 1. The lowest BCUT2D eigenvalue weighted by molar-refractivity contribution is 0.358. The number of fused-ring (bicyclic) bond motifs is 2. The Hall–Kier alpha value is -3.46. The molecule has 2 aromatic heterocycles. The summed E-state index contributed by atoms with van der Waals surface area (Å²) in [5, 5.41) is 4.66. The lowest BCUT2D eigenvalue weighted by Crippen LogP contribution is -2.36. The van der Waals surface area contributed by atoms with E-state index in [1.54, 1.807) is 4.90 Å². The zero-order chi connectivity index (χ0) is 25.8. The number of rotatable bonds is 7. The van der Waals surface area contributed by atoms with Gasteiger partial charge in [0.25, 0.3) is 0 Å². The van der Waals surface area contributed by atoms with E-state index >= 15 is 8.78 Å². The zero-order valence-electron chi connectivity index (χ0n) is 21.4. The van der Waals surface area contributed by atoms with Crippen molar-refractivity contribution in [1.29, 1.82) is 0 Å². The summed E-state index contributed by atoms with van der Waals surface area (Å²) in [7, 11) is 6.76. The fourth-order valence-electron chi connectivity index (χ4n) is 5.07. The SMILES string of the molecule is C=C1N(c2c(F)c(OC)cc(OC)c2F)Cc2cnc(-c3cn(CCN(C)C)nc3C)cc2C12CC2. The average Bonchev–Trinajstić information content (AvgIpc) is 3.57. The molecule has 7 nitrogen and oxygen atoms in total. The van der Waals surface area contributed by atoms with Crippen molar-refractivity contribution in [3.8, 4) is 22.8 Å². The summed E-state index contributed by atoms with van der Waals surface area (Å²) in [6, 6.07) is 3.32. The summed E-state index contributed by atoms with van der Waals surface area (Å²) >= 11 is 0. The predicted octanol–water partition coefficient (Wildman–Crippen LogP) is 4.68. The highest BCUT2D eigenvalue weighted by Crippen LogP contribution is 2.59. The van der Waals surface area contributed by atoms with Crippen LogP contribution in [0.15, 0.2) is 36.8 Å². The highest BCUT2D eigenvalue weighted by Gasteiger charge is 2.53. The fraction of sp³-hybridized carbons (Fsp3) is 0.407. The average molecular weight is 496 g/mol. The van der Waals surface area contributed by atoms with Crippen LogP contribution in [0.5, 0.6) is 11.5 Å². The van der Waals surface area contributed by atoms with Crippen LogP contribution < -0.4 is 14.4 Å². The van der Waals surface area contributed by atoms with E-state index in [0.717, 1.165) is 54.0 Å². The number of benzene rings is 1. The van der Waals surface area contributed by atoms with Crippen LogP contribution in [0, 0.1) is 18.6 Å². The normalized spacial score (nSPS) is 16.0. The molecular formula is C27H31F2N5O2. The Morgan fingerprint density at radius 2 is 1.78 bits per heavy atom. The molecule has 0 N–H and O–H groups in total. The zero-order valence-corrected chi connectivity index (χ0v) is 21.4. The van der Waals surface area contributed by atoms with Crippen molar-refractivity contribution in [2.75, 3.05) is 39.8 Å². The number of nitrogens with zero attached hydrogens (tertiary/aromatic N) is 5. The molecule has 36 heavy (non-hydrogen) atoms. The second-order valence-electron chi connectivity index (χ2n) is 9.79. The summed E-state index contributed by atoms with van der Waals surface area (Å²) in [4.78, 5) is 8.46. The van der Waals surface area contributed by atoms with Crippen LogP contribution in [0.25, 0.3) is 11.3 Å². The van der Waals surface area contributed by atoms with Crippen LogP contribution >= 0.6 is 0 Å². The van der Waals surface area contributed by atoms with E-state index < -0.39 is 11.6 Å². The largest absolute Gasteiger partial charge is 0.493 e. The second kappa shape index (κ2) is 8.89. The first kappa shape index (κ1) is 24.2. The molecule has 0 radical (unpaired) electrons. The van der Waals surface area contributed by atoms with Gasteiger partial charge in [-0.3, -0.25) is 9.67 Å². The highest BCUT2D eigenvalue weighted by atomic mass is 19.1. The molecule has 1 aliphatic carbocycles. The monoisotopic (exact) mass is 495 g/mol. The van der Waals surface area contributed by atoms with Gasteiger partial charge in [0.05, 0.1) is 32.2 Å². The maximum atomic E-state index is 15.4. The number of anilines is 1. The van der Waals surface area contributed by atoms with Crippen molar-refractivity contribution < 1.29 is 18.3 Å². The van der Waals surface area contributed by atoms with E-state index in [1.165, 1.54) is 20.3 Å². The smallest absolute Gasteiger partial charge is 0.191 e. The van der Waals surface area contributed by atoms with Crippen LogP contribution in [0.2, 0.25) is 0 Å². The number of hydrogen-bond acceptors (Lipinski definition) is 6. The highest BCUT2D eigenvalue weighted by molar-refractivity contribution is 5.70. The van der Waals surface area contributed by atoms with E-state index in [2.05, 4.69) is 22.6 Å². The van der Waals surface area contributed by atoms with Gasteiger partial charge in [0.1, 0.15) is 5.69 Å². The van der Waals surface area contributed by atoms with Gasteiger partial charge in [0, 0.05) is 48.2 Å². The number of pyridine rings is 1. The first-order chi connectivity index (χ1) is 17.2. The molecule has 0 unspecified atom stereocenters. The topological polar surface area (TPSA) is 55.7 Å². The molecule has 3 heterocycles. The summed E-state index contributed by atoms with van der Waals surface area (Å²) in [6.07, 6.45) is 5.55. The van der Waals surface area contributed by atoms with Gasteiger partial charge >= 0.3 is 0 Å². The Morgan fingerprint density at radius 1 is 1.11 bits per heavy atom. The van der Waals surface area contributed by atoms with Crippen molar-refractivity contribution in [1.82, 2.24) is 19.7 Å². The lowest BCUT2D eigenvalue weighted by Gasteiger charge is -2.39. The third-order valence-electron chi connectivity index (χ3n) is 7.28. The first-order valence-electron chi connectivity index (χ1n) is 12.0. The molecule has 2 aliphatic rings. The number of allylic oxidation sites excluding steroid dienone is 1. The fourth-order valence-corrected chi connectivity index (χ4v) is 5.07. The van der Waals surface area contributed by atoms with Gasteiger partial charge in [-0.1, -0.05) is 6.58 Å². The minimum atomic E-state index is -0.776. The van der Waals surface area contributed by atoms with Crippen LogP contribution in [0.3, 0.4) is 0 Å². The number of halogens is 2. The van der Waals surface area contributed by atoms with Gasteiger partial charge in [-0.05, 0) is 51.1 Å². The summed E-state index contributed by atoms with van der Waals surface area (Å²) in [5.74, 6) is -1.72. The molecular weight excluding hydrogens is 464 g/mol. The maximum absolute atomic E-state index is 15.4. The van der Waals surface area contributed by atoms with Crippen molar-refractivity contribution in [3.63, 3.8) is 0 Å². The summed E-state index contributed by atoms with van der Waals surface area (Å²) in [5.41, 5.74) is 4.84. The van der Waals surface area contributed by atoms with Gasteiger partial charge in [-0.15, -0.1) is 0 Å². The van der Waals surface area contributed by atoms with Crippen LogP contribution in [0.1, 0.15) is 29.7 Å². The Labute approximate surface area is 209 Å². The quantitative estimate of drug-likeness (QED) is 0.475. The number of likely N-dealkylation sites (N-methyl/N-ethyl adjacent to an activating group) is 1. The van der Waals surface area contributed by atoms with E-state index in [4.69, 9.17) is 14.5 Å². The molecule has 9 heteroatoms. The van der Waals surface area contributed by atoms with Crippen molar-refractivity contribution in [3.05, 3.63) is 65.3 Å². The van der Waals surface area contributed by atoms with Gasteiger partial charge in [0.15, 0.2) is 23.1 Å². The molecule has 0 amide bonds. The van der Waals surface area contributed by atoms with E-state index in [0.29, 0.717) is 5.70 Å². The molecule has 1 fully saturated rings. The number of ether oxygens (including phenoxy) is 2. The Morgan fingerprint density at radius 3 is 2.36 bits per heavy atom. The lowest BCUT2D eigenvalue weighted by atomic mass is 9.84. The molecule has 0 saturated heterocycles. The maximum Gasteiger partial charge on any atom is 0.191 e. The van der Waals surface area contributed by atoms with Gasteiger partial charge in [0.2, 0.25) is 0 Å². The molecule has 1 aliphatic heterocycles. The van der Waals surface area contributed by atoms with Gasteiger partial charge < -0.3 is 19.3 Å². The molecule has 1 aromatic carbocycles. The molecule has 0 atom stereocenters. The summed E-state index contributed by atoms with van der Waals surface area (Å²) in [6.45, 7) is 8.22. The minimum Gasteiger partial charge on any atom is -0.493 e. The Kier molecular flexibility index (Phi) is 5.98. The number of aromatic nitrogens is 3. The second-order valence-corrected chi connectivity index (χ2v) is 9.79. The molecule has 1 spiro atoms. The van der Waals surface area contributed by atoms with Crippen LogP contribution in [0.4, 0.5) is 14.5 Å². The third kappa shape index (κ3) is 3.82. The summed E-state index contributed by atoms with van der Waals surface area (Å²) < 4.78 is 43.0. The first-order valence-corrected chi connectivity index (χ1v) is 12.0. The predicted molar refractivity (Wildman–Crippen MR) is 134 cm³/mol. The van der Waals surface area contributed by atoms with Gasteiger partial charge in [-0.2, -0.15) is 5.10 Å². The van der Waals surface area contributed by atoms with Crippen molar-refractivity contribution >= 4 is 5.69 Å². The van der Waals surface area contributed by atoms with Crippen LogP contribution in [-0.2, 0) is 18.5 Å². The molecule has 190 valence electrons. The molecule has 1 saturated carbocycles. The molecule has 3 aromatic rings. The Bertz CT molecular complexity index is 1320. The standard InChI is InChI=1S/C27H31F2N5O2/c1-16-19(15-33(31-16)10-9-32(3)4)21-11-20-18(13-30-21)14-34(17(2)27(20)7-8-27)26-24(28)22(35-5)12-23(36-6)25(26)29/h11-13,15H,2,7-10,14H2,1,3-6H3. The molecule has 0 bridgehead atoms.